The number of ether oxygens (including phenoxy) is 4. The number of phenols is 2. The van der Waals surface area contributed by atoms with Crippen LogP contribution in [0.3, 0.4) is 0 Å². The number of fused-ring (bicyclic) bond motifs is 1. The molecule has 30 heavy (non-hydrogen) atoms. The summed E-state index contributed by atoms with van der Waals surface area (Å²) >= 11 is 0. The molecule has 0 heterocycles. The molecule has 0 aliphatic heterocycles. The molecule has 0 aromatic heterocycles. The van der Waals surface area contributed by atoms with Crippen LogP contribution >= 0.6 is 0 Å². The van der Waals surface area contributed by atoms with Gasteiger partial charge in [0.15, 0.2) is 23.0 Å². The highest BCUT2D eigenvalue weighted by molar-refractivity contribution is 5.63. The van der Waals surface area contributed by atoms with Crippen molar-refractivity contribution < 1.29 is 39.4 Å². The summed E-state index contributed by atoms with van der Waals surface area (Å²) in [6.07, 6.45) is 0.419. The second kappa shape index (κ2) is 8.89. The number of methoxy groups -OCH3 is 4. The Bertz CT molecular complexity index is 885. The molecule has 0 unspecified atom stereocenters. The van der Waals surface area contributed by atoms with E-state index in [1.165, 1.54) is 28.4 Å². The third-order valence-corrected chi connectivity index (χ3v) is 5.90. The van der Waals surface area contributed by atoms with Gasteiger partial charge in [0, 0.05) is 24.7 Å². The maximum absolute atomic E-state index is 10.9. The van der Waals surface area contributed by atoms with Crippen molar-refractivity contribution in [3.8, 4) is 34.5 Å². The largest absolute Gasteiger partial charge is 0.504 e. The lowest BCUT2D eigenvalue weighted by atomic mass is 9.66. The number of aliphatic hydroxyl groups excluding tert-OH is 2. The summed E-state index contributed by atoms with van der Waals surface area (Å²) in [5.41, 5.74) is 1.89. The van der Waals surface area contributed by atoms with Crippen LogP contribution in [0.25, 0.3) is 0 Å². The lowest BCUT2D eigenvalue weighted by molar-refractivity contribution is 0.1000. The van der Waals surface area contributed by atoms with Crippen molar-refractivity contribution in [2.75, 3.05) is 41.7 Å². The van der Waals surface area contributed by atoms with Gasteiger partial charge in [0.25, 0.3) is 0 Å². The molecule has 164 valence electrons. The molecule has 1 aliphatic carbocycles. The molecule has 4 N–H and O–H groups in total. The number of rotatable bonds is 7. The highest BCUT2D eigenvalue weighted by atomic mass is 16.5. The molecule has 2 aromatic rings. The molecule has 0 radical (unpaired) electrons. The summed E-state index contributed by atoms with van der Waals surface area (Å²) in [6.45, 7) is -0.367. The van der Waals surface area contributed by atoms with Crippen LogP contribution in [0.4, 0.5) is 0 Å². The minimum absolute atomic E-state index is 0.143. The van der Waals surface area contributed by atoms with Crippen molar-refractivity contribution in [3.63, 3.8) is 0 Å². The van der Waals surface area contributed by atoms with E-state index >= 15 is 0 Å². The van der Waals surface area contributed by atoms with E-state index in [1.807, 2.05) is 0 Å². The smallest absolute Gasteiger partial charge is 0.203 e. The summed E-state index contributed by atoms with van der Waals surface area (Å²) in [5.74, 6) is -0.479. The molecule has 3 atom stereocenters. The van der Waals surface area contributed by atoms with Crippen LogP contribution in [0.5, 0.6) is 34.5 Å². The fourth-order valence-electron chi connectivity index (χ4n) is 4.44. The van der Waals surface area contributed by atoms with Crippen LogP contribution < -0.4 is 18.9 Å². The van der Waals surface area contributed by atoms with Crippen molar-refractivity contribution in [2.45, 2.75) is 12.3 Å². The molecule has 0 spiro atoms. The van der Waals surface area contributed by atoms with Gasteiger partial charge in [-0.3, -0.25) is 0 Å². The number of aliphatic hydroxyl groups is 2. The van der Waals surface area contributed by atoms with E-state index in [0.29, 0.717) is 34.8 Å². The van der Waals surface area contributed by atoms with Gasteiger partial charge in [-0.05, 0) is 47.6 Å². The second-order valence-corrected chi connectivity index (χ2v) is 7.28. The van der Waals surface area contributed by atoms with Gasteiger partial charge in [0.1, 0.15) is 0 Å². The Kier molecular flexibility index (Phi) is 6.48. The Morgan fingerprint density at radius 3 is 1.87 bits per heavy atom. The van der Waals surface area contributed by atoms with E-state index in [2.05, 4.69) is 0 Å². The molecule has 1 aliphatic rings. The Morgan fingerprint density at radius 2 is 1.40 bits per heavy atom. The minimum atomic E-state index is -0.540. The first-order valence-corrected chi connectivity index (χ1v) is 9.58. The highest BCUT2D eigenvalue weighted by Gasteiger charge is 2.41. The summed E-state index contributed by atoms with van der Waals surface area (Å²) in [6, 6.07) is 5.16. The zero-order chi connectivity index (χ0) is 22.0. The lowest BCUT2D eigenvalue weighted by Crippen LogP contribution is -2.35. The summed E-state index contributed by atoms with van der Waals surface area (Å²) < 4.78 is 21.5. The molecule has 0 saturated heterocycles. The van der Waals surface area contributed by atoms with E-state index in [4.69, 9.17) is 18.9 Å². The number of hydrogen-bond donors (Lipinski definition) is 4. The van der Waals surface area contributed by atoms with Crippen LogP contribution in [0.1, 0.15) is 22.6 Å². The zero-order valence-corrected chi connectivity index (χ0v) is 17.5. The normalized spacial score (nSPS) is 20.4. The van der Waals surface area contributed by atoms with Gasteiger partial charge in [0.2, 0.25) is 11.5 Å². The van der Waals surface area contributed by atoms with Crippen LogP contribution in [0.15, 0.2) is 18.2 Å². The number of phenolic OH excluding ortho intramolecular Hbond substituents is 2. The lowest BCUT2D eigenvalue weighted by Gasteiger charge is -2.39. The third kappa shape index (κ3) is 3.46. The van der Waals surface area contributed by atoms with Crippen molar-refractivity contribution in [3.05, 3.63) is 34.9 Å². The van der Waals surface area contributed by atoms with Gasteiger partial charge < -0.3 is 39.4 Å². The van der Waals surface area contributed by atoms with Gasteiger partial charge in [-0.25, -0.2) is 0 Å². The molecular weight excluding hydrogens is 392 g/mol. The van der Waals surface area contributed by atoms with Crippen LogP contribution in [-0.4, -0.2) is 62.1 Å². The van der Waals surface area contributed by atoms with Crippen molar-refractivity contribution in [1.29, 1.82) is 0 Å². The second-order valence-electron chi connectivity index (χ2n) is 7.28. The first kappa shape index (κ1) is 21.9. The number of aromatic hydroxyl groups is 2. The van der Waals surface area contributed by atoms with E-state index < -0.39 is 11.8 Å². The summed E-state index contributed by atoms with van der Waals surface area (Å²) in [5, 5.41) is 41.5. The SMILES string of the molecule is COc1cc2c(c(O)c1O)[C@H](c1cc(OC)c(OC)c(OC)c1)[C@@H](CO)[C@@H](CO)C2. The molecule has 0 fully saturated rings. The number of hydrogen-bond acceptors (Lipinski definition) is 8. The molecule has 0 saturated carbocycles. The Morgan fingerprint density at radius 1 is 0.800 bits per heavy atom. The van der Waals surface area contributed by atoms with Crippen molar-refractivity contribution in [1.82, 2.24) is 0 Å². The molecule has 2 aromatic carbocycles. The van der Waals surface area contributed by atoms with Gasteiger partial charge in [0.05, 0.1) is 28.4 Å². The Balaban J connectivity index is 2.31. The average Bonchev–Trinajstić information content (AvgIpc) is 2.78. The van der Waals surface area contributed by atoms with E-state index in [1.54, 1.807) is 18.2 Å². The maximum Gasteiger partial charge on any atom is 0.203 e. The molecule has 0 bridgehead atoms. The van der Waals surface area contributed by atoms with Crippen molar-refractivity contribution in [2.24, 2.45) is 11.8 Å². The summed E-state index contributed by atoms with van der Waals surface area (Å²) in [4.78, 5) is 0. The molecule has 3 rings (SSSR count). The van der Waals surface area contributed by atoms with Gasteiger partial charge in [-0.1, -0.05) is 0 Å². The van der Waals surface area contributed by atoms with Crippen LogP contribution in [0.2, 0.25) is 0 Å². The third-order valence-electron chi connectivity index (χ3n) is 5.90. The molecule has 8 heteroatoms. The molecule has 8 nitrogen and oxygen atoms in total. The van der Waals surface area contributed by atoms with Crippen LogP contribution in [-0.2, 0) is 6.42 Å². The Labute approximate surface area is 175 Å². The van der Waals surface area contributed by atoms with Gasteiger partial charge >= 0.3 is 0 Å². The monoisotopic (exact) mass is 420 g/mol. The quantitative estimate of drug-likeness (QED) is 0.503. The minimum Gasteiger partial charge on any atom is -0.504 e. The number of benzene rings is 2. The predicted octanol–water partition coefficient (Wildman–Crippen LogP) is 2.04. The topological polar surface area (TPSA) is 118 Å². The van der Waals surface area contributed by atoms with Crippen LogP contribution in [0, 0.1) is 11.8 Å². The summed E-state index contributed by atoms with van der Waals surface area (Å²) in [7, 11) is 5.92. The molecular formula is C22H28O8. The van der Waals surface area contributed by atoms with E-state index in [9.17, 15) is 20.4 Å². The average molecular weight is 420 g/mol. The van der Waals surface area contributed by atoms with Gasteiger partial charge in [-0.15, -0.1) is 0 Å². The van der Waals surface area contributed by atoms with E-state index in [-0.39, 0.29) is 36.4 Å². The Hall–Kier alpha value is -2.84. The maximum atomic E-state index is 10.9. The standard InChI is InChI=1S/C22H28O8/c1-27-15-6-11-5-13(9-23)14(10-24)18(19(11)21(26)20(15)25)12-7-16(28-2)22(30-4)17(8-12)29-3/h6-8,13-14,18,23-26H,5,9-10H2,1-4H3/t13-,14+,18-/m1/s1. The fourth-order valence-corrected chi connectivity index (χ4v) is 4.44. The highest BCUT2D eigenvalue weighted by Crippen LogP contribution is 2.54. The van der Waals surface area contributed by atoms with Gasteiger partial charge in [-0.2, -0.15) is 0 Å². The zero-order valence-electron chi connectivity index (χ0n) is 17.5. The fraction of sp³-hybridized carbons (Fsp3) is 0.455. The first-order chi connectivity index (χ1) is 14.4. The van der Waals surface area contributed by atoms with Crippen molar-refractivity contribution >= 4 is 0 Å². The molecule has 0 amide bonds. The predicted molar refractivity (Wildman–Crippen MR) is 109 cm³/mol. The first-order valence-electron chi connectivity index (χ1n) is 9.58. The van der Waals surface area contributed by atoms with E-state index in [0.717, 1.165) is 5.56 Å².